The van der Waals surface area contributed by atoms with Gasteiger partial charge in [-0.3, -0.25) is 9.89 Å². The van der Waals surface area contributed by atoms with E-state index in [0.29, 0.717) is 18.9 Å². The molecule has 2 N–H and O–H groups in total. The van der Waals surface area contributed by atoms with Crippen LogP contribution < -0.4 is 10.1 Å². The van der Waals surface area contributed by atoms with Crippen molar-refractivity contribution in [3.05, 3.63) is 95.7 Å². The molecule has 3 aromatic carbocycles. The van der Waals surface area contributed by atoms with Gasteiger partial charge in [0.1, 0.15) is 12.4 Å². The Morgan fingerprint density at radius 1 is 0.973 bits per heavy atom. The number of carbonyl (C=O) groups excluding carboxylic acids is 1. The second-order valence-corrected chi connectivity index (χ2v) is 9.68. The minimum Gasteiger partial charge on any atom is -0.492 e. The summed E-state index contributed by atoms with van der Waals surface area (Å²) in [6.45, 7) is 4.41. The molecule has 0 aliphatic rings. The van der Waals surface area contributed by atoms with Crippen LogP contribution in [0.1, 0.15) is 54.7 Å². The lowest BCUT2D eigenvalue weighted by atomic mass is 9.76. The maximum Gasteiger partial charge on any atom is 0.222 e. The van der Waals surface area contributed by atoms with Crippen molar-refractivity contribution >= 4 is 16.8 Å². The number of amides is 1. The summed E-state index contributed by atoms with van der Waals surface area (Å²) in [5.74, 6) is 1.59. The zero-order chi connectivity index (χ0) is 26.0. The minimum absolute atomic E-state index is 0.165. The predicted octanol–water partition coefficient (Wildman–Crippen LogP) is 5.73. The number of aromatic amines is 1. The van der Waals surface area contributed by atoms with Gasteiger partial charge >= 0.3 is 0 Å². The zero-order valence-electron chi connectivity index (χ0n) is 22.1. The van der Waals surface area contributed by atoms with Crippen molar-refractivity contribution in [3.8, 4) is 5.75 Å². The smallest absolute Gasteiger partial charge is 0.222 e. The molecule has 0 aliphatic carbocycles. The van der Waals surface area contributed by atoms with E-state index >= 15 is 0 Å². The van der Waals surface area contributed by atoms with Crippen LogP contribution in [0.3, 0.4) is 0 Å². The van der Waals surface area contributed by atoms with Crippen LogP contribution in [0.5, 0.6) is 5.75 Å². The largest absolute Gasteiger partial charge is 0.492 e. The predicted molar refractivity (Wildman–Crippen MR) is 150 cm³/mol. The van der Waals surface area contributed by atoms with E-state index < -0.39 is 0 Å². The number of nitrogens with zero attached hydrogens (tertiary/aromatic N) is 2. The third-order valence-corrected chi connectivity index (χ3v) is 6.92. The standard InChI is InChI=1S/C31H38N4O2/c1-4-28(23-9-6-5-7-10-23)31(25-14-17-29-26(21-25)22-33-34-29)24-12-15-27(16-13-24)37-20-19-32-18-8-11-30(36)35(2)3/h5-7,9-10,12-17,21-22,28,31-32H,4,8,11,18-20H2,1-3H3,(H,33,34). The monoisotopic (exact) mass is 498 g/mol. The van der Waals surface area contributed by atoms with Gasteiger partial charge in [0.2, 0.25) is 5.91 Å². The Morgan fingerprint density at radius 2 is 1.73 bits per heavy atom. The third kappa shape index (κ3) is 6.98. The van der Waals surface area contributed by atoms with Gasteiger partial charge in [-0.15, -0.1) is 0 Å². The molecular weight excluding hydrogens is 460 g/mol. The van der Waals surface area contributed by atoms with E-state index in [4.69, 9.17) is 4.74 Å². The molecule has 4 rings (SSSR count). The number of hydrogen-bond donors (Lipinski definition) is 2. The Bertz CT molecular complexity index is 1250. The van der Waals surface area contributed by atoms with E-state index in [1.807, 2.05) is 6.20 Å². The van der Waals surface area contributed by atoms with Crippen LogP contribution in [0.4, 0.5) is 0 Å². The molecule has 1 aromatic heterocycles. The number of aromatic nitrogens is 2. The SMILES string of the molecule is CCC(c1ccccc1)C(c1ccc(OCCNCCCC(=O)N(C)C)cc1)c1ccc2[nH]ncc2c1. The maximum absolute atomic E-state index is 11.6. The second-order valence-electron chi connectivity index (χ2n) is 9.68. The molecule has 6 nitrogen and oxygen atoms in total. The van der Waals surface area contributed by atoms with Crippen molar-refractivity contribution in [2.24, 2.45) is 0 Å². The summed E-state index contributed by atoms with van der Waals surface area (Å²) < 4.78 is 5.98. The van der Waals surface area contributed by atoms with Gasteiger partial charge in [-0.25, -0.2) is 0 Å². The molecule has 1 heterocycles. The van der Waals surface area contributed by atoms with Crippen molar-refractivity contribution < 1.29 is 9.53 Å². The lowest BCUT2D eigenvalue weighted by Crippen LogP contribution is -2.25. The Hall–Kier alpha value is -3.64. The highest BCUT2D eigenvalue weighted by atomic mass is 16.5. The highest BCUT2D eigenvalue weighted by Crippen LogP contribution is 2.41. The number of carbonyl (C=O) groups is 1. The first-order valence-corrected chi connectivity index (χ1v) is 13.2. The molecule has 0 saturated heterocycles. The molecule has 1 amide bonds. The Kier molecular flexibility index (Phi) is 9.33. The molecule has 0 bridgehead atoms. The van der Waals surface area contributed by atoms with E-state index in [-0.39, 0.29) is 11.8 Å². The average molecular weight is 499 g/mol. The van der Waals surface area contributed by atoms with Crippen LogP contribution in [0, 0.1) is 0 Å². The molecule has 2 unspecified atom stereocenters. The maximum atomic E-state index is 11.6. The number of fused-ring (bicyclic) bond motifs is 1. The fourth-order valence-electron chi connectivity index (χ4n) is 4.90. The van der Waals surface area contributed by atoms with Crippen LogP contribution in [-0.4, -0.2) is 54.8 Å². The van der Waals surface area contributed by atoms with E-state index in [0.717, 1.165) is 42.6 Å². The van der Waals surface area contributed by atoms with Gasteiger partial charge in [0.05, 0.1) is 11.7 Å². The first kappa shape index (κ1) is 26.4. The second kappa shape index (κ2) is 13.1. The summed E-state index contributed by atoms with van der Waals surface area (Å²) in [5.41, 5.74) is 4.96. The van der Waals surface area contributed by atoms with Gasteiger partial charge in [0.25, 0.3) is 0 Å². The molecule has 0 saturated carbocycles. The molecule has 6 heteroatoms. The lowest BCUT2D eigenvalue weighted by molar-refractivity contribution is -0.128. The first-order chi connectivity index (χ1) is 18.1. The van der Waals surface area contributed by atoms with Crippen LogP contribution in [0.2, 0.25) is 0 Å². The average Bonchev–Trinajstić information content (AvgIpc) is 3.40. The van der Waals surface area contributed by atoms with E-state index in [9.17, 15) is 4.79 Å². The van der Waals surface area contributed by atoms with Gasteiger partial charge in [-0.05, 0) is 66.3 Å². The number of benzene rings is 3. The highest BCUT2D eigenvalue weighted by molar-refractivity contribution is 5.79. The zero-order valence-corrected chi connectivity index (χ0v) is 22.1. The molecule has 194 valence electrons. The van der Waals surface area contributed by atoms with Crippen molar-refractivity contribution in [1.82, 2.24) is 20.4 Å². The van der Waals surface area contributed by atoms with Crippen LogP contribution in [0.25, 0.3) is 10.9 Å². The molecule has 37 heavy (non-hydrogen) atoms. The van der Waals surface area contributed by atoms with Crippen molar-refractivity contribution in [1.29, 1.82) is 0 Å². The Balaban J connectivity index is 1.43. The van der Waals surface area contributed by atoms with Gasteiger partial charge in [-0.1, -0.05) is 55.5 Å². The van der Waals surface area contributed by atoms with Crippen LogP contribution in [0.15, 0.2) is 79.0 Å². The van der Waals surface area contributed by atoms with Gasteiger partial charge in [0.15, 0.2) is 0 Å². The summed E-state index contributed by atoms with van der Waals surface area (Å²) in [5, 5.41) is 11.8. The molecule has 4 aromatic rings. The van der Waals surface area contributed by atoms with E-state index in [2.05, 4.69) is 95.2 Å². The Labute approximate surface area is 220 Å². The third-order valence-electron chi connectivity index (χ3n) is 6.92. The van der Waals surface area contributed by atoms with Crippen LogP contribution >= 0.6 is 0 Å². The number of hydrogen-bond acceptors (Lipinski definition) is 4. The number of ether oxygens (including phenoxy) is 1. The van der Waals surface area contributed by atoms with Gasteiger partial charge in [0, 0.05) is 38.4 Å². The highest BCUT2D eigenvalue weighted by Gasteiger charge is 2.25. The lowest BCUT2D eigenvalue weighted by Gasteiger charge is -2.28. The topological polar surface area (TPSA) is 70.2 Å². The van der Waals surface area contributed by atoms with Crippen molar-refractivity contribution in [3.63, 3.8) is 0 Å². The van der Waals surface area contributed by atoms with E-state index in [1.165, 1.54) is 16.7 Å². The fraction of sp³-hybridized carbons (Fsp3) is 0.355. The number of nitrogens with one attached hydrogen (secondary N) is 2. The molecule has 0 spiro atoms. The quantitative estimate of drug-likeness (QED) is 0.231. The molecule has 0 fully saturated rings. The number of rotatable bonds is 13. The Morgan fingerprint density at radius 3 is 2.46 bits per heavy atom. The van der Waals surface area contributed by atoms with Gasteiger partial charge in [-0.2, -0.15) is 5.10 Å². The van der Waals surface area contributed by atoms with Crippen molar-refractivity contribution in [2.45, 2.75) is 38.0 Å². The minimum atomic E-state index is 0.165. The summed E-state index contributed by atoms with van der Waals surface area (Å²) in [6.07, 6.45) is 4.32. The van der Waals surface area contributed by atoms with Crippen LogP contribution in [-0.2, 0) is 4.79 Å². The van der Waals surface area contributed by atoms with Gasteiger partial charge < -0.3 is 15.0 Å². The molecule has 2 atom stereocenters. The normalized spacial score (nSPS) is 12.8. The molecular formula is C31H38N4O2. The molecule has 0 aliphatic heterocycles. The summed E-state index contributed by atoms with van der Waals surface area (Å²) in [6, 6.07) is 26.0. The van der Waals surface area contributed by atoms with Crippen molar-refractivity contribution in [2.75, 3.05) is 33.8 Å². The summed E-state index contributed by atoms with van der Waals surface area (Å²) in [4.78, 5) is 13.3. The number of H-pyrrole nitrogens is 1. The first-order valence-electron chi connectivity index (χ1n) is 13.2. The summed E-state index contributed by atoms with van der Waals surface area (Å²) in [7, 11) is 3.58. The fourth-order valence-corrected chi connectivity index (χ4v) is 4.90. The van der Waals surface area contributed by atoms with E-state index in [1.54, 1.807) is 19.0 Å². The molecule has 0 radical (unpaired) electrons. The summed E-state index contributed by atoms with van der Waals surface area (Å²) >= 11 is 0.